The van der Waals surface area contributed by atoms with E-state index in [2.05, 4.69) is 41.0 Å². The fraction of sp³-hybridized carbons (Fsp3) is 0.179. The van der Waals surface area contributed by atoms with Crippen molar-refractivity contribution < 1.29 is 9.47 Å². The molecule has 0 spiro atoms. The number of nitrogens with zero attached hydrogens (tertiary/aromatic N) is 2. The van der Waals surface area contributed by atoms with Crippen molar-refractivity contribution in [2.75, 3.05) is 6.61 Å². The number of benzene rings is 4. The van der Waals surface area contributed by atoms with Crippen LogP contribution in [0.15, 0.2) is 97.1 Å². The largest absolute Gasteiger partial charge is 0.494 e. The fourth-order valence-electron chi connectivity index (χ4n) is 4.03. The lowest BCUT2D eigenvalue weighted by Crippen LogP contribution is -2.09. The van der Waals surface area contributed by atoms with Crippen LogP contribution in [0.4, 0.5) is 0 Å². The molecular formula is C28H26N2O2. The van der Waals surface area contributed by atoms with Gasteiger partial charge in [0.25, 0.3) is 0 Å². The second-order valence-electron chi connectivity index (χ2n) is 7.80. The van der Waals surface area contributed by atoms with Crippen molar-refractivity contribution in [1.82, 2.24) is 9.55 Å². The number of rotatable bonds is 9. The molecule has 4 aromatic carbocycles. The van der Waals surface area contributed by atoms with Gasteiger partial charge in [-0.2, -0.15) is 0 Å². The van der Waals surface area contributed by atoms with Crippen molar-refractivity contribution >= 4 is 21.8 Å². The highest BCUT2D eigenvalue weighted by molar-refractivity contribution is 5.88. The zero-order valence-corrected chi connectivity index (χ0v) is 18.0. The molecule has 5 aromatic rings. The first-order chi connectivity index (χ1) is 15.9. The highest BCUT2D eigenvalue weighted by Crippen LogP contribution is 2.26. The number of fused-ring (bicyclic) bond motifs is 2. The van der Waals surface area contributed by atoms with Crippen molar-refractivity contribution in [1.29, 1.82) is 0 Å². The first-order valence-corrected chi connectivity index (χ1v) is 11.1. The lowest BCUT2D eigenvalue weighted by molar-refractivity contribution is 0.287. The summed E-state index contributed by atoms with van der Waals surface area (Å²) in [5.74, 6) is 2.76. The van der Waals surface area contributed by atoms with E-state index in [1.807, 2.05) is 60.7 Å². The number of ether oxygens (including phenoxy) is 2. The molecule has 32 heavy (non-hydrogen) atoms. The molecule has 0 atom stereocenters. The van der Waals surface area contributed by atoms with E-state index in [0.717, 1.165) is 53.1 Å². The maximum Gasteiger partial charge on any atom is 0.147 e. The molecule has 160 valence electrons. The van der Waals surface area contributed by atoms with E-state index in [4.69, 9.17) is 14.5 Å². The number of hydrogen-bond donors (Lipinski definition) is 0. The first kappa shape index (κ1) is 20.1. The Hall–Kier alpha value is -3.79. The van der Waals surface area contributed by atoms with Crippen LogP contribution in [0.5, 0.6) is 11.5 Å². The van der Waals surface area contributed by atoms with Crippen LogP contribution < -0.4 is 9.47 Å². The summed E-state index contributed by atoms with van der Waals surface area (Å²) in [4.78, 5) is 4.86. The summed E-state index contributed by atoms with van der Waals surface area (Å²) in [6, 6.07) is 32.7. The summed E-state index contributed by atoms with van der Waals surface area (Å²) in [6.45, 7) is 2.02. The molecule has 5 rings (SSSR count). The summed E-state index contributed by atoms with van der Waals surface area (Å²) in [7, 11) is 0. The second-order valence-corrected chi connectivity index (χ2v) is 7.80. The molecule has 4 heteroatoms. The molecule has 0 fully saturated rings. The minimum absolute atomic E-state index is 0.434. The highest BCUT2D eigenvalue weighted by atomic mass is 16.5. The van der Waals surface area contributed by atoms with Crippen LogP contribution in [-0.4, -0.2) is 16.2 Å². The predicted octanol–water partition coefficient (Wildman–Crippen LogP) is 6.63. The Morgan fingerprint density at radius 1 is 0.688 bits per heavy atom. The van der Waals surface area contributed by atoms with Gasteiger partial charge in [-0.3, -0.25) is 0 Å². The number of hydrogen-bond acceptors (Lipinski definition) is 3. The number of imidazole rings is 1. The molecule has 0 saturated heterocycles. The molecular weight excluding hydrogens is 396 g/mol. The third kappa shape index (κ3) is 4.45. The van der Waals surface area contributed by atoms with Gasteiger partial charge in [0.05, 0.1) is 17.6 Å². The molecule has 0 aliphatic rings. The normalized spacial score (nSPS) is 11.1. The molecule has 0 aliphatic carbocycles. The number of para-hydroxylation sites is 3. The quantitative estimate of drug-likeness (QED) is 0.250. The Kier molecular flexibility index (Phi) is 6.02. The lowest BCUT2D eigenvalue weighted by Gasteiger charge is -2.12. The number of aryl methyl sites for hydroxylation is 1. The maximum atomic E-state index is 6.25. The van der Waals surface area contributed by atoms with E-state index < -0.39 is 0 Å². The molecule has 0 N–H and O–H groups in total. The molecule has 1 aromatic heterocycles. The van der Waals surface area contributed by atoms with E-state index in [1.54, 1.807) is 0 Å². The average molecular weight is 423 g/mol. The van der Waals surface area contributed by atoms with Crippen molar-refractivity contribution in [2.24, 2.45) is 0 Å². The van der Waals surface area contributed by atoms with Gasteiger partial charge in [-0.25, -0.2) is 4.98 Å². The van der Waals surface area contributed by atoms with Gasteiger partial charge in [0.2, 0.25) is 0 Å². The Morgan fingerprint density at radius 2 is 1.47 bits per heavy atom. The smallest absolute Gasteiger partial charge is 0.147 e. The van der Waals surface area contributed by atoms with E-state index >= 15 is 0 Å². The van der Waals surface area contributed by atoms with E-state index in [-0.39, 0.29) is 0 Å². The minimum atomic E-state index is 0.434. The predicted molar refractivity (Wildman–Crippen MR) is 129 cm³/mol. The van der Waals surface area contributed by atoms with Gasteiger partial charge in [0.1, 0.15) is 23.9 Å². The SMILES string of the molecule is c1ccc(OCCCCn2c(COc3cccc4ccccc34)nc3ccccc32)cc1. The maximum absolute atomic E-state index is 6.25. The minimum Gasteiger partial charge on any atom is -0.494 e. The van der Waals surface area contributed by atoms with Crippen LogP contribution in [0.3, 0.4) is 0 Å². The van der Waals surface area contributed by atoms with Crippen LogP contribution in [0.25, 0.3) is 21.8 Å². The summed E-state index contributed by atoms with van der Waals surface area (Å²) in [5.41, 5.74) is 2.15. The number of unbranched alkanes of at least 4 members (excludes halogenated alkanes) is 1. The highest BCUT2D eigenvalue weighted by Gasteiger charge is 2.12. The zero-order chi connectivity index (χ0) is 21.6. The van der Waals surface area contributed by atoms with Crippen LogP contribution in [0.2, 0.25) is 0 Å². The van der Waals surface area contributed by atoms with Crippen LogP contribution >= 0.6 is 0 Å². The molecule has 0 unspecified atom stereocenters. The number of aromatic nitrogens is 2. The third-order valence-corrected chi connectivity index (χ3v) is 5.63. The van der Waals surface area contributed by atoms with Crippen molar-refractivity contribution in [3.8, 4) is 11.5 Å². The Balaban J connectivity index is 1.28. The molecule has 4 nitrogen and oxygen atoms in total. The van der Waals surface area contributed by atoms with Gasteiger partial charge in [0.15, 0.2) is 0 Å². The average Bonchev–Trinajstić information content (AvgIpc) is 3.20. The molecule has 0 radical (unpaired) electrons. The molecule has 0 bridgehead atoms. The van der Waals surface area contributed by atoms with E-state index in [0.29, 0.717) is 13.2 Å². The topological polar surface area (TPSA) is 36.3 Å². The van der Waals surface area contributed by atoms with Gasteiger partial charge in [0, 0.05) is 11.9 Å². The van der Waals surface area contributed by atoms with Crippen molar-refractivity contribution in [2.45, 2.75) is 26.0 Å². The molecule has 1 heterocycles. The Bertz CT molecular complexity index is 1310. The Labute approximate surface area is 188 Å². The van der Waals surface area contributed by atoms with Crippen molar-refractivity contribution in [3.05, 3.63) is 103 Å². The van der Waals surface area contributed by atoms with Crippen LogP contribution in [-0.2, 0) is 13.2 Å². The van der Waals surface area contributed by atoms with Crippen LogP contribution in [0.1, 0.15) is 18.7 Å². The molecule has 0 amide bonds. The fourth-order valence-corrected chi connectivity index (χ4v) is 4.03. The van der Waals surface area contributed by atoms with Crippen LogP contribution in [0, 0.1) is 0 Å². The van der Waals surface area contributed by atoms with E-state index in [1.165, 1.54) is 5.39 Å². The van der Waals surface area contributed by atoms with Gasteiger partial charge in [-0.05, 0) is 48.6 Å². The van der Waals surface area contributed by atoms with Gasteiger partial charge >= 0.3 is 0 Å². The van der Waals surface area contributed by atoms with Crippen molar-refractivity contribution in [3.63, 3.8) is 0 Å². The monoisotopic (exact) mass is 422 g/mol. The second kappa shape index (κ2) is 9.56. The summed E-state index contributed by atoms with van der Waals surface area (Å²) in [6.07, 6.45) is 1.99. The summed E-state index contributed by atoms with van der Waals surface area (Å²) in [5, 5.41) is 2.30. The Morgan fingerprint density at radius 3 is 2.41 bits per heavy atom. The molecule has 0 aliphatic heterocycles. The lowest BCUT2D eigenvalue weighted by atomic mass is 10.1. The first-order valence-electron chi connectivity index (χ1n) is 11.1. The van der Waals surface area contributed by atoms with Gasteiger partial charge in [-0.1, -0.05) is 66.7 Å². The standard InChI is InChI=1S/C28H26N2O2/c1-2-13-23(14-3-1)31-20-9-8-19-30-26-17-7-6-16-25(26)29-28(30)21-32-27-18-10-12-22-11-4-5-15-24(22)27/h1-7,10-18H,8-9,19-21H2. The molecule has 0 saturated carbocycles. The van der Waals surface area contributed by atoms with E-state index in [9.17, 15) is 0 Å². The summed E-state index contributed by atoms with van der Waals surface area (Å²) < 4.78 is 14.4. The van der Waals surface area contributed by atoms with Gasteiger partial charge < -0.3 is 14.0 Å². The third-order valence-electron chi connectivity index (χ3n) is 5.63. The summed E-state index contributed by atoms with van der Waals surface area (Å²) >= 11 is 0. The zero-order valence-electron chi connectivity index (χ0n) is 18.0. The van der Waals surface area contributed by atoms with Gasteiger partial charge in [-0.15, -0.1) is 0 Å².